The third-order valence-electron chi connectivity index (χ3n) is 6.07. The molecule has 0 spiro atoms. The summed E-state index contributed by atoms with van der Waals surface area (Å²) in [6, 6.07) is 12.3. The van der Waals surface area contributed by atoms with Crippen LogP contribution in [0.4, 0.5) is 5.82 Å². The minimum atomic E-state index is 0.157. The van der Waals surface area contributed by atoms with E-state index in [1.165, 1.54) is 6.42 Å². The highest BCUT2D eigenvalue weighted by Gasteiger charge is 2.32. The quantitative estimate of drug-likeness (QED) is 0.814. The maximum absolute atomic E-state index is 13.0. The molecule has 5 nitrogen and oxygen atoms in total. The van der Waals surface area contributed by atoms with Crippen molar-refractivity contribution in [1.82, 2.24) is 14.9 Å². The fraction of sp³-hybridized carbons (Fsp3) is 0.522. The number of carbonyl (C=O) groups excluding carboxylic acids is 1. The Morgan fingerprint density at radius 1 is 1.00 bits per heavy atom. The highest BCUT2D eigenvalue weighted by atomic mass is 16.2. The van der Waals surface area contributed by atoms with Gasteiger partial charge in [-0.15, -0.1) is 0 Å². The number of rotatable bonds is 3. The first-order chi connectivity index (χ1) is 13.6. The minimum Gasteiger partial charge on any atom is -0.356 e. The molecule has 2 atom stereocenters. The third-order valence-corrected chi connectivity index (χ3v) is 6.07. The second-order valence-electron chi connectivity index (χ2n) is 8.58. The zero-order valence-corrected chi connectivity index (χ0v) is 16.9. The monoisotopic (exact) mass is 378 g/mol. The van der Waals surface area contributed by atoms with Crippen molar-refractivity contribution in [2.45, 2.75) is 33.1 Å². The molecule has 0 radical (unpaired) electrons. The van der Waals surface area contributed by atoms with E-state index in [1.54, 1.807) is 6.33 Å². The molecule has 4 rings (SSSR count). The normalized spacial score (nSPS) is 23.6. The van der Waals surface area contributed by atoms with Crippen molar-refractivity contribution in [2.24, 2.45) is 17.8 Å². The van der Waals surface area contributed by atoms with E-state index in [4.69, 9.17) is 0 Å². The first-order valence-corrected chi connectivity index (χ1v) is 10.5. The topological polar surface area (TPSA) is 49.3 Å². The van der Waals surface area contributed by atoms with Crippen LogP contribution in [0.1, 0.15) is 33.1 Å². The van der Waals surface area contributed by atoms with Crippen LogP contribution in [0.5, 0.6) is 0 Å². The summed E-state index contributed by atoms with van der Waals surface area (Å²) < 4.78 is 0. The zero-order chi connectivity index (χ0) is 19.5. The van der Waals surface area contributed by atoms with Gasteiger partial charge in [-0.05, 0) is 31.1 Å². The Kier molecular flexibility index (Phi) is 5.60. The summed E-state index contributed by atoms with van der Waals surface area (Å²) in [7, 11) is 0. The van der Waals surface area contributed by atoms with E-state index in [0.29, 0.717) is 17.7 Å². The van der Waals surface area contributed by atoms with E-state index in [0.717, 1.165) is 56.1 Å². The molecular weight excluding hydrogens is 348 g/mol. The number of amides is 1. The Balaban J connectivity index is 1.39. The zero-order valence-electron chi connectivity index (χ0n) is 16.9. The largest absolute Gasteiger partial charge is 0.356 e. The van der Waals surface area contributed by atoms with Crippen LogP contribution in [0.15, 0.2) is 42.7 Å². The molecule has 3 heterocycles. The van der Waals surface area contributed by atoms with Gasteiger partial charge in [0.1, 0.15) is 12.1 Å². The van der Waals surface area contributed by atoms with Crippen LogP contribution in [0.3, 0.4) is 0 Å². The Morgan fingerprint density at radius 2 is 1.68 bits per heavy atom. The SMILES string of the molecule is CC1CC(C)CN(C(=O)C2CCN(c3cc(-c4ccccc4)ncn3)CC2)C1. The lowest BCUT2D eigenvalue weighted by Gasteiger charge is -2.39. The van der Waals surface area contributed by atoms with E-state index >= 15 is 0 Å². The fourth-order valence-corrected chi connectivity index (χ4v) is 4.74. The number of carbonyl (C=O) groups is 1. The molecule has 28 heavy (non-hydrogen) atoms. The third kappa shape index (κ3) is 4.18. The van der Waals surface area contributed by atoms with E-state index in [2.05, 4.69) is 51.8 Å². The molecule has 1 aromatic carbocycles. The lowest BCUT2D eigenvalue weighted by atomic mass is 9.89. The Morgan fingerprint density at radius 3 is 2.36 bits per heavy atom. The van der Waals surface area contributed by atoms with Gasteiger partial charge in [0, 0.05) is 43.7 Å². The van der Waals surface area contributed by atoms with Gasteiger partial charge in [-0.3, -0.25) is 4.79 Å². The average Bonchev–Trinajstić information content (AvgIpc) is 2.73. The van der Waals surface area contributed by atoms with Gasteiger partial charge in [0.2, 0.25) is 5.91 Å². The number of hydrogen-bond donors (Lipinski definition) is 0. The molecule has 2 fully saturated rings. The number of hydrogen-bond acceptors (Lipinski definition) is 4. The molecule has 0 aliphatic carbocycles. The molecule has 2 aliphatic rings. The van der Waals surface area contributed by atoms with Crippen LogP contribution in [0, 0.1) is 17.8 Å². The predicted octanol–water partition coefficient (Wildman–Crippen LogP) is 3.86. The van der Waals surface area contributed by atoms with Crippen LogP contribution in [-0.2, 0) is 4.79 Å². The van der Waals surface area contributed by atoms with E-state index < -0.39 is 0 Å². The van der Waals surface area contributed by atoms with Gasteiger partial charge in [-0.2, -0.15) is 0 Å². The summed E-state index contributed by atoms with van der Waals surface area (Å²) >= 11 is 0. The van der Waals surface area contributed by atoms with Gasteiger partial charge in [-0.1, -0.05) is 44.2 Å². The van der Waals surface area contributed by atoms with Crippen LogP contribution in [0.25, 0.3) is 11.3 Å². The van der Waals surface area contributed by atoms with Crippen LogP contribution < -0.4 is 4.90 Å². The van der Waals surface area contributed by atoms with Gasteiger partial charge in [0.05, 0.1) is 5.69 Å². The van der Waals surface area contributed by atoms with Gasteiger partial charge < -0.3 is 9.80 Å². The number of benzene rings is 1. The number of anilines is 1. The molecule has 2 unspecified atom stereocenters. The van der Waals surface area contributed by atoms with E-state index in [1.807, 2.05) is 18.2 Å². The summed E-state index contributed by atoms with van der Waals surface area (Å²) in [5.74, 6) is 2.71. The molecule has 1 amide bonds. The maximum Gasteiger partial charge on any atom is 0.225 e. The van der Waals surface area contributed by atoms with Crippen molar-refractivity contribution in [3.63, 3.8) is 0 Å². The highest BCUT2D eigenvalue weighted by molar-refractivity contribution is 5.79. The first kappa shape index (κ1) is 18.9. The van der Waals surface area contributed by atoms with Gasteiger partial charge in [0.25, 0.3) is 0 Å². The molecule has 2 aliphatic heterocycles. The number of likely N-dealkylation sites (tertiary alicyclic amines) is 1. The maximum atomic E-state index is 13.0. The molecule has 148 valence electrons. The van der Waals surface area contributed by atoms with Crippen molar-refractivity contribution in [3.8, 4) is 11.3 Å². The Bertz CT molecular complexity index is 791. The predicted molar refractivity (Wildman–Crippen MR) is 112 cm³/mol. The second kappa shape index (κ2) is 8.29. The van der Waals surface area contributed by atoms with Crippen molar-refractivity contribution < 1.29 is 4.79 Å². The lowest BCUT2D eigenvalue weighted by molar-refractivity contribution is -0.138. The fourth-order valence-electron chi connectivity index (χ4n) is 4.74. The number of nitrogens with zero attached hydrogens (tertiary/aromatic N) is 4. The summed E-state index contributed by atoms with van der Waals surface area (Å²) in [6.45, 7) is 8.13. The minimum absolute atomic E-state index is 0.157. The molecule has 2 aromatic rings. The van der Waals surface area contributed by atoms with E-state index in [-0.39, 0.29) is 5.92 Å². The molecule has 0 saturated carbocycles. The summed E-state index contributed by atoms with van der Waals surface area (Å²) in [5, 5.41) is 0. The number of piperidine rings is 2. The molecule has 2 saturated heterocycles. The molecule has 5 heteroatoms. The number of aromatic nitrogens is 2. The van der Waals surface area contributed by atoms with Gasteiger partial charge in [-0.25, -0.2) is 9.97 Å². The first-order valence-electron chi connectivity index (χ1n) is 10.5. The Labute approximate surface area is 167 Å². The highest BCUT2D eigenvalue weighted by Crippen LogP contribution is 2.28. The van der Waals surface area contributed by atoms with Gasteiger partial charge >= 0.3 is 0 Å². The average molecular weight is 379 g/mol. The summed E-state index contributed by atoms with van der Waals surface area (Å²) in [5.41, 5.74) is 2.05. The van der Waals surface area contributed by atoms with Crippen molar-refractivity contribution in [3.05, 3.63) is 42.7 Å². The van der Waals surface area contributed by atoms with E-state index in [9.17, 15) is 4.79 Å². The van der Waals surface area contributed by atoms with Crippen LogP contribution >= 0.6 is 0 Å². The van der Waals surface area contributed by atoms with Gasteiger partial charge in [0.15, 0.2) is 0 Å². The van der Waals surface area contributed by atoms with Crippen molar-refractivity contribution in [2.75, 3.05) is 31.1 Å². The summed E-state index contributed by atoms with van der Waals surface area (Å²) in [4.78, 5) is 26.3. The van der Waals surface area contributed by atoms with Crippen LogP contribution in [0.2, 0.25) is 0 Å². The second-order valence-corrected chi connectivity index (χ2v) is 8.58. The summed E-state index contributed by atoms with van der Waals surface area (Å²) in [6.07, 6.45) is 4.69. The molecule has 0 bridgehead atoms. The molecule has 1 aromatic heterocycles. The standard InChI is InChI=1S/C23H30N4O/c1-17-12-18(2)15-27(14-17)23(28)20-8-10-26(11-9-20)22-13-21(24-16-25-22)19-6-4-3-5-7-19/h3-7,13,16-18,20H,8-12,14-15H2,1-2H3. The van der Waals surface area contributed by atoms with Crippen molar-refractivity contribution >= 4 is 11.7 Å². The Hall–Kier alpha value is -2.43. The van der Waals surface area contributed by atoms with Crippen LogP contribution in [-0.4, -0.2) is 47.0 Å². The molecular formula is C23H30N4O. The smallest absolute Gasteiger partial charge is 0.225 e. The lowest BCUT2D eigenvalue weighted by Crippen LogP contribution is -2.48. The van der Waals surface area contributed by atoms with Crippen molar-refractivity contribution in [1.29, 1.82) is 0 Å². The molecule has 0 N–H and O–H groups in total.